The molecule has 9 rings (SSSR count). The summed E-state index contributed by atoms with van der Waals surface area (Å²) >= 11 is 0. The number of morpholine rings is 1. The van der Waals surface area contributed by atoms with E-state index < -0.39 is 47.6 Å². The van der Waals surface area contributed by atoms with Gasteiger partial charge in [0.05, 0.1) is 38.3 Å². The number of anilines is 1. The monoisotopic (exact) mass is 829 g/mol. The quantitative estimate of drug-likeness (QED) is 0.0993. The normalized spacial score (nSPS) is 23.5. The molecule has 2 saturated heterocycles. The summed E-state index contributed by atoms with van der Waals surface area (Å²) in [6, 6.07) is 33.8. The van der Waals surface area contributed by atoms with Crippen LogP contribution in [0.15, 0.2) is 128 Å². The molecule has 0 aliphatic carbocycles. The van der Waals surface area contributed by atoms with Crippen LogP contribution in [-0.2, 0) is 32.7 Å². The summed E-state index contributed by atoms with van der Waals surface area (Å²) in [4.78, 5) is 45.9. The van der Waals surface area contributed by atoms with Gasteiger partial charge in [-0.3, -0.25) is 14.5 Å². The number of esters is 1. The van der Waals surface area contributed by atoms with Gasteiger partial charge < -0.3 is 40.6 Å². The van der Waals surface area contributed by atoms with Crippen LogP contribution < -0.4 is 25.8 Å². The molecule has 62 heavy (non-hydrogen) atoms. The summed E-state index contributed by atoms with van der Waals surface area (Å²) in [5, 5.41) is 16.8. The maximum Gasteiger partial charge on any atom is 0.324 e. The number of nitrogens with one attached hydrogen (secondary N) is 2. The maximum atomic E-state index is 15.2. The number of hydrogen-bond donors (Lipinski definition) is 4. The number of ether oxygens (including phenoxy) is 3. The van der Waals surface area contributed by atoms with E-state index in [4.69, 9.17) is 26.5 Å². The molecule has 0 aromatic heterocycles. The Hall–Kier alpha value is -7.23. The van der Waals surface area contributed by atoms with Crippen molar-refractivity contribution in [3.05, 3.63) is 166 Å². The van der Waals surface area contributed by atoms with Gasteiger partial charge in [-0.25, -0.2) is 4.79 Å². The fourth-order valence-corrected chi connectivity index (χ4v) is 10.3. The number of urea groups is 1. The lowest BCUT2D eigenvalue weighted by atomic mass is 9.63. The lowest BCUT2D eigenvalue weighted by Gasteiger charge is -2.46. The van der Waals surface area contributed by atoms with Crippen LogP contribution in [0.3, 0.4) is 0 Å². The minimum atomic E-state index is -1.13. The van der Waals surface area contributed by atoms with Crippen LogP contribution >= 0.6 is 0 Å². The number of amides is 3. The Kier molecular flexibility index (Phi) is 10.6. The average Bonchev–Trinajstić information content (AvgIpc) is 3.75. The number of benzene rings is 5. The maximum absolute atomic E-state index is 15.2. The second kappa shape index (κ2) is 16.3. The number of hydrogen-bond acceptors (Lipinski definition) is 9. The van der Waals surface area contributed by atoms with Gasteiger partial charge in [0, 0.05) is 42.4 Å². The zero-order valence-corrected chi connectivity index (χ0v) is 34.5. The predicted molar refractivity (Wildman–Crippen MR) is 233 cm³/mol. The number of primary amides is 1. The number of fused-ring (bicyclic) bond motifs is 4. The number of aromatic hydroxyl groups is 1. The number of carbonyl (C=O) groups excluding carboxylic acids is 3. The van der Waals surface area contributed by atoms with Crippen molar-refractivity contribution < 1.29 is 33.7 Å². The molecule has 2 fully saturated rings. The Morgan fingerprint density at radius 2 is 1.58 bits per heavy atom. The Morgan fingerprint density at radius 1 is 0.903 bits per heavy atom. The predicted octanol–water partition coefficient (Wildman–Crippen LogP) is 6.66. The molecule has 4 heterocycles. The van der Waals surface area contributed by atoms with E-state index in [0.29, 0.717) is 42.3 Å². The topological polar surface area (TPSA) is 156 Å². The fourth-order valence-electron chi connectivity index (χ4n) is 10.3. The van der Waals surface area contributed by atoms with Crippen molar-refractivity contribution >= 4 is 23.6 Å². The number of cyclic esters (lactones) is 1. The van der Waals surface area contributed by atoms with Gasteiger partial charge in [-0.15, -0.1) is 0 Å². The minimum absolute atomic E-state index is 0.0242. The Bertz CT molecular complexity index is 2630. The number of nitrogens with zero attached hydrogens (tertiary/aromatic N) is 2. The first-order valence-electron chi connectivity index (χ1n) is 20.6. The number of nitrogens with two attached hydrogens (primary N) is 1. The van der Waals surface area contributed by atoms with Crippen LogP contribution in [0.2, 0.25) is 0 Å². The minimum Gasteiger partial charge on any atom is -0.508 e. The molecule has 5 aromatic rings. The summed E-state index contributed by atoms with van der Waals surface area (Å²) < 4.78 is 17.9. The standard InChI is InChI=1S/C50H47N5O7/c1-30-50(38-25-31(16-21-40(38)53-30)11-10-23-52-49(51)59)39(28-43(57)54-24-22-35-26-41(60-2)42(61-3)27-36(35)29-54)45-48(58)62-46(33-14-8-5-9-15-33)44(32-12-6-4-7-13-32)55(45)47(50)34-17-19-37(56)20-18-34/h4-9,12-21,25-27,39,44-47,53,56H,1,22-24,28-29H2,2-3H3,(H3,51,52,59)/t39?,44-,45-,46+,47+,50+/m0/s1. The molecule has 6 atom stereocenters. The highest BCUT2D eigenvalue weighted by molar-refractivity contribution is 5.85. The first-order valence-corrected chi connectivity index (χ1v) is 20.6. The van der Waals surface area contributed by atoms with E-state index in [-0.39, 0.29) is 24.6 Å². The van der Waals surface area contributed by atoms with E-state index in [2.05, 4.69) is 27.4 Å². The van der Waals surface area contributed by atoms with Gasteiger partial charge >= 0.3 is 12.0 Å². The molecule has 12 heteroatoms. The van der Waals surface area contributed by atoms with Gasteiger partial charge in [0.1, 0.15) is 17.9 Å². The van der Waals surface area contributed by atoms with Gasteiger partial charge in [0.25, 0.3) is 0 Å². The summed E-state index contributed by atoms with van der Waals surface area (Å²) in [6.07, 6.45) is -0.122. The van der Waals surface area contributed by atoms with Gasteiger partial charge in [-0.05, 0) is 82.3 Å². The largest absolute Gasteiger partial charge is 0.508 e. The SMILES string of the molecule is C=C1Nc2ccc(C#CCNC(N)=O)cc2[C@@]12C(CC(=O)N1CCc3cc(OC)c(OC)cc3C1)[C@H]1C(=O)O[C@H](c3ccccc3)[C@H](c3ccccc3)N1[C@@H]2c1ccc(O)cc1. The van der Waals surface area contributed by atoms with Crippen molar-refractivity contribution in [1.29, 1.82) is 0 Å². The number of methoxy groups -OCH3 is 2. The van der Waals surface area contributed by atoms with Gasteiger partial charge in [0.2, 0.25) is 5.91 Å². The Morgan fingerprint density at radius 3 is 2.26 bits per heavy atom. The van der Waals surface area contributed by atoms with Crippen molar-refractivity contribution in [3.8, 4) is 29.1 Å². The summed E-state index contributed by atoms with van der Waals surface area (Å²) in [6.45, 7) is 5.60. The molecule has 4 aliphatic rings. The van der Waals surface area contributed by atoms with E-state index in [9.17, 15) is 9.90 Å². The van der Waals surface area contributed by atoms with E-state index in [1.807, 2.05) is 108 Å². The molecule has 0 bridgehead atoms. The van der Waals surface area contributed by atoms with Crippen LogP contribution in [0.4, 0.5) is 10.5 Å². The van der Waals surface area contributed by atoms with Gasteiger partial charge in [0.15, 0.2) is 11.5 Å². The lowest BCUT2D eigenvalue weighted by molar-refractivity contribution is -0.177. The summed E-state index contributed by atoms with van der Waals surface area (Å²) in [5.74, 6) is 6.20. The summed E-state index contributed by atoms with van der Waals surface area (Å²) in [7, 11) is 3.20. The third kappa shape index (κ3) is 6.84. The van der Waals surface area contributed by atoms with E-state index in [1.165, 1.54) is 0 Å². The second-order valence-electron chi connectivity index (χ2n) is 16.1. The van der Waals surface area contributed by atoms with Crippen molar-refractivity contribution in [1.82, 2.24) is 15.1 Å². The molecular weight excluding hydrogens is 783 g/mol. The lowest BCUT2D eigenvalue weighted by Crippen LogP contribution is -2.51. The number of phenolic OH excluding ortho intramolecular Hbond substituents is 1. The zero-order chi connectivity index (χ0) is 43.1. The first-order chi connectivity index (χ1) is 30.1. The highest BCUT2D eigenvalue weighted by Gasteiger charge is 2.70. The zero-order valence-electron chi connectivity index (χ0n) is 34.5. The van der Waals surface area contributed by atoms with Crippen molar-refractivity contribution in [2.45, 2.75) is 49.0 Å². The molecule has 5 N–H and O–H groups in total. The Balaban J connectivity index is 1.24. The highest BCUT2D eigenvalue weighted by Crippen LogP contribution is 2.67. The molecule has 4 aliphatic heterocycles. The third-order valence-electron chi connectivity index (χ3n) is 12.9. The highest BCUT2D eigenvalue weighted by atomic mass is 16.6. The van der Waals surface area contributed by atoms with E-state index in [1.54, 1.807) is 26.4 Å². The van der Waals surface area contributed by atoms with Crippen molar-refractivity contribution in [3.63, 3.8) is 0 Å². The molecule has 5 aromatic carbocycles. The van der Waals surface area contributed by atoms with Gasteiger partial charge in [-0.2, -0.15) is 0 Å². The van der Waals surface area contributed by atoms with Crippen molar-refractivity contribution in [2.75, 3.05) is 32.6 Å². The fraction of sp³-hybridized carbons (Fsp3) is 0.260. The smallest absolute Gasteiger partial charge is 0.324 e. The molecule has 1 unspecified atom stereocenters. The molecule has 0 radical (unpaired) electrons. The molecule has 1 spiro atoms. The van der Waals surface area contributed by atoms with Gasteiger partial charge in [-0.1, -0.05) is 91.2 Å². The number of rotatable bonds is 8. The first kappa shape index (κ1) is 40.2. The molecule has 12 nitrogen and oxygen atoms in total. The van der Waals surface area contributed by atoms with Crippen LogP contribution in [0.1, 0.15) is 63.6 Å². The average molecular weight is 830 g/mol. The molecule has 0 saturated carbocycles. The second-order valence-corrected chi connectivity index (χ2v) is 16.1. The number of phenols is 1. The number of carbonyl (C=O) groups is 3. The molecular formula is C50H47N5O7. The molecule has 314 valence electrons. The third-order valence-corrected chi connectivity index (χ3v) is 12.9. The van der Waals surface area contributed by atoms with Crippen molar-refractivity contribution in [2.24, 2.45) is 11.7 Å². The Labute approximate surface area is 360 Å². The molecule has 3 amide bonds. The van der Waals surface area contributed by atoms with Crippen LogP contribution in [-0.4, -0.2) is 66.2 Å². The van der Waals surface area contributed by atoms with E-state index >= 15 is 9.59 Å². The van der Waals surface area contributed by atoms with Crippen LogP contribution in [0, 0.1) is 17.8 Å². The van der Waals surface area contributed by atoms with Crippen LogP contribution in [0.5, 0.6) is 17.2 Å². The summed E-state index contributed by atoms with van der Waals surface area (Å²) in [5.41, 5.74) is 11.7. The van der Waals surface area contributed by atoms with E-state index in [0.717, 1.165) is 39.1 Å². The van der Waals surface area contributed by atoms with Crippen LogP contribution in [0.25, 0.3) is 0 Å².